The van der Waals surface area contributed by atoms with E-state index >= 15 is 0 Å². The molecule has 1 saturated carbocycles. The van der Waals surface area contributed by atoms with Gasteiger partial charge >= 0.3 is 12.1 Å². The van der Waals surface area contributed by atoms with E-state index in [4.69, 9.17) is 14.2 Å². The van der Waals surface area contributed by atoms with Gasteiger partial charge in [0.1, 0.15) is 6.61 Å². The van der Waals surface area contributed by atoms with Crippen molar-refractivity contribution in [3.8, 4) is 23.0 Å². The smallest absolute Gasteiger partial charge is 0.410 e. The topological polar surface area (TPSA) is 65.1 Å². The lowest BCUT2D eigenvalue weighted by Gasteiger charge is -2.39. The predicted molar refractivity (Wildman–Crippen MR) is 156 cm³/mol. The van der Waals surface area contributed by atoms with Crippen LogP contribution in [0.4, 0.5) is 4.79 Å². The number of likely N-dealkylation sites (N-methyl/N-ethyl adjacent to an activating group) is 1. The minimum absolute atomic E-state index is 0.00530. The van der Waals surface area contributed by atoms with Crippen molar-refractivity contribution in [3.05, 3.63) is 95.1 Å². The van der Waals surface area contributed by atoms with Gasteiger partial charge < -0.3 is 19.1 Å². The van der Waals surface area contributed by atoms with Crippen molar-refractivity contribution in [3.63, 3.8) is 0 Å². The van der Waals surface area contributed by atoms with Crippen LogP contribution in [0.25, 0.3) is 11.1 Å². The van der Waals surface area contributed by atoms with Crippen molar-refractivity contribution in [1.82, 2.24) is 4.90 Å². The fourth-order valence-corrected chi connectivity index (χ4v) is 5.97. The van der Waals surface area contributed by atoms with Crippen LogP contribution in [0.1, 0.15) is 72.5 Å². The third kappa shape index (κ3) is 5.73. The third-order valence-electron chi connectivity index (χ3n) is 8.29. The highest BCUT2D eigenvalue weighted by Gasteiger charge is 2.37. The molecule has 0 aromatic heterocycles. The Morgan fingerprint density at radius 3 is 2.22 bits per heavy atom. The molecule has 0 spiro atoms. The minimum atomic E-state index is -0.681. The van der Waals surface area contributed by atoms with E-state index in [-0.39, 0.29) is 30.8 Å². The molecule has 41 heavy (non-hydrogen) atoms. The molecule has 3 atom stereocenters. The molecule has 0 N–H and O–H groups in total. The normalized spacial score (nSPS) is 21.2. The van der Waals surface area contributed by atoms with Crippen molar-refractivity contribution in [2.24, 2.45) is 5.92 Å². The number of amides is 1. The van der Waals surface area contributed by atoms with Crippen LogP contribution in [0, 0.1) is 17.8 Å². The maximum Gasteiger partial charge on any atom is 0.410 e. The second-order valence-corrected chi connectivity index (χ2v) is 11.0. The van der Waals surface area contributed by atoms with Gasteiger partial charge in [0.15, 0.2) is 0 Å². The number of hydrogen-bond acceptors (Lipinski definition) is 5. The molecular weight excluding hydrogens is 514 g/mol. The number of rotatable bonds is 6. The van der Waals surface area contributed by atoms with Crippen LogP contribution < -0.4 is 0 Å². The zero-order chi connectivity index (χ0) is 28.3. The average Bonchev–Trinajstić information content (AvgIpc) is 3.77. The quantitative estimate of drug-likeness (QED) is 0.251. The fraction of sp³-hybridized carbons (Fsp3) is 0.371. The molecule has 3 aromatic carbocycles. The van der Waals surface area contributed by atoms with Crippen molar-refractivity contribution in [2.75, 3.05) is 13.2 Å². The fourth-order valence-electron chi connectivity index (χ4n) is 5.97. The maximum atomic E-state index is 13.3. The summed E-state index contributed by atoms with van der Waals surface area (Å²) in [6.45, 7) is 4.63. The molecule has 2 aliphatic carbocycles. The van der Waals surface area contributed by atoms with Gasteiger partial charge in [0, 0.05) is 30.4 Å². The van der Waals surface area contributed by atoms with Crippen LogP contribution in [0.5, 0.6) is 0 Å². The summed E-state index contributed by atoms with van der Waals surface area (Å²) >= 11 is 0. The Kier molecular flexibility index (Phi) is 7.80. The Morgan fingerprint density at radius 1 is 0.902 bits per heavy atom. The summed E-state index contributed by atoms with van der Waals surface area (Å²) in [5, 5.41) is 0. The minimum Gasteiger partial charge on any atom is -0.448 e. The highest BCUT2D eigenvalue weighted by molar-refractivity contribution is 5.92. The zero-order valence-corrected chi connectivity index (χ0v) is 23.5. The van der Waals surface area contributed by atoms with Crippen LogP contribution in [0.2, 0.25) is 0 Å². The van der Waals surface area contributed by atoms with E-state index in [0.717, 1.165) is 12.8 Å². The number of nitrogens with zero attached hydrogens (tertiary/aromatic N) is 1. The van der Waals surface area contributed by atoms with Gasteiger partial charge in [0.2, 0.25) is 6.29 Å². The largest absolute Gasteiger partial charge is 0.448 e. The summed E-state index contributed by atoms with van der Waals surface area (Å²) in [5.41, 5.74) is 5.90. The van der Waals surface area contributed by atoms with Gasteiger partial charge in [-0.3, -0.25) is 0 Å². The molecule has 1 heterocycles. The van der Waals surface area contributed by atoms with Crippen molar-refractivity contribution in [1.29, 1.82) is 0 Å². The molecule has 2 fully saturated rings. The van der Waals surface area contributed by atoms with E-state index < -0.39 is 12.3 Å². The van der Waals surface area contributed by atoms with E-state index in [0.29, 0.717) is 36.4 Å². The Morgan fingerprint density at radius 2 is 1.56 bits per heavy atom. The Balaban J connectivity index is 1.07. The predicted octanol–water partition coefficient (Wildman–Crippen LogP) is 6.77. The molecule has 1 unspecified atom stereocenters. The summed E-state index contributed by atoms with van der Waals surface area (Å²) in [7, 11) is 0. The van der Waals surface area contributed by atoms with Crippen molar-refractivity contribution in [2.45, 2.75) is 63.9 Å². The highest BCUT2D eigenvalue weighted by Crippen LogP contribution is 2.44. The second kappa shape index (κ2) is 11.8. The summed E-state index contributed by atoms with van der Waals surface area (Å²) in [6, 6.07) is 23.7. The van der Waals surface area contributed by atoms with Crippen LogP contribution in [-0.2, 0) is 14.2 Å². The Hall–Kier alpha value is -4.08. The van der Waals surface area contributed by atoms with Crippen LogP contribution in [0.15, 0.2) is 72.8 Å². The van der Waals surface area contributed by atoms with Gasteiger partial charge in [-0.05, 0) is 67.5 Å². The second-order valence-electron chi connectivity index (χ2n) is 11.0. The number of benzene rings is 3. The van der Waals surface area contributed by atoms with E-state index in [2.05, 4.69) is 36.1 Å². The molecule has 1 aliphatic heterocycles. The van der Waals surface area contributed by atoms with Gasteiger partial charge in [0.05, 0.1) is 17.7 Å². The molecule has 6 rings (SSSR count). The number of hydrogen-bond donors (Lipinski definition) is 0. The number of fused-ring (bicyclic) bond motifs is 3. The van der Waals surface area contributed by atoms with Crippen molar-refractivity contribution < 1.29 is 23.8 Å². The number of esters is 1. The van der Waals surface area contributed by atoms with Gasteiger partial charge in [-0.25, -0.2) is 9.59 Å². The Labute approximate surface area is 241 Å². The van der Waals surface area contributed by atoms with Gasteiger partial charge in [-0.15, -0.1) is 0 Å². The molecule has 3 aromatic rings. The molecule has 0 bridgehead atoms. The van der Waals surface area contributed by atoms with E-state index in [1.165, 1.54) is 22.3 Å². The highest BCUT2D eigenvalue weighted by atomic mass is 16.7. The Bertz CT molecular complexity index is 1450. The number of ether oxygens (including phenoxy) is 3. The SMILES string of the molecule is CCN(C(=O)OCC1c2ccccc2-c2ccccc21)[C@@H]1CC[C@H](OC(=O)c2ccccc2C#CC2CC2)OC1C. The van der Waals surface area contributed by atoms with Gasteiger partial charge in [-0.1, -0.05) is 72.5 Å². The molecule has 1 amide bonds. The first-order valence-electron chi connectivity index (χ1n) is 14.6. The van der Waals surface area contributed by atoms with Crippen LogP contribution in [-0.4, -0.2) is 48.5 Å². The monoisotopic (exact) mass is 549 g/mol. The van der Waals surface area contributed by atoms with Crippen molar-refractivity contribution >= 4 is 12.1 Å². The molecular formula is C35H35NO5. The zero-order valence-electron chi connectivity index (χ0n) is 23.5. The summed E-state index contributed by atoms with van der Waals surface area (Å²) in [6.07, 6.45) is 2.02. The summed E-state index contributed by atoms with van der Waals surface area (Å²) in [5.74, 6) is 6.36. The lowest BCUT2D eigenvalue weighted by Crippen LogP contribution is -2.51. The maximum absolute atomic E-state index is 13.3. The molecule has 0 radical (unpaired) electrons. The summed E-state index contributed by atoms with van der Waals surface area (Å²) in [4.78, 5) is 28.1. The van der Waals surface area contributed by atoms with E-state index in [1.54, 1.807) is 11.0 Å². The average molecular weight is 550 g/mol. The first-order chi connectivity index (χ1) is 20.0. The lowest BCUT2D eigenvalue weighted by atomic mass is 9.98. The number of carbonyl (C=O) groups excluding carboxylic acids is 2. The van der Waals surface area contributed by atoms with E-state index in [9.17, 15) is 9.59 Å². The van der Waals surface area contributed by atoms with Gasteiger partial charge in [0.25, 0.3) is 0 Å². The molecule has 6 nitrogen and oxygen atoms in total. The standard InChI is InChI=1S/C35H35NO5/c1-3-36(35(38)39-22-31-29-14-8-6-12-27(29)28-13-7-9-15-30(28)31)32-20-21-33(40-23(32)2)41-34(37)26-11-5-4-10-25(26)19-18-24-16-17-24/h4-15,23-24,31-33H,3,16-17,20-22H2,1-2H3/t23?,32-,33+/m1/s1. The number of carbonyl (C=O) groups is 2. The molecule has 6 heteroatoms. The summed E-state index contributed by atoms with van der Waals surface area (Å²) < 4.78 is 17.8. The van der Waals surface area contributed by atoms with Crippen LogP contribution in [0.3, 0.4) is 0 Å². The first kappa shape index (κ1) is 27.1. The molecule has 1 saturated heterocycles. The lowest BCUT2D eigenvalue weighted by molar-refractivity contribution is -0.180. The van der Waals surface area contributed by atoms with E-state index in [1.807, 2.05) is 56.3 Å². The molecule has 3 aliphatic rings. The third-order valence-corrected chi connectivity index (χ3v) is 8.29. The first-order valence-corrected chi connectivity index (χ1v) is 14.6. The molecule has 210 valence electrons. The van der Waals surface area contributed by atoms with Gasteiger partial charge in [-0.2, -0.15) is 0 Å². The van der Waals surface area contributed by atoms with Crippen LogP contribution >= 0.6 is 0 Å².